The van der Waals surface area contributed by atoms with E-state index in [1.807, 2.05) is 13.8 Å². The van der Waals surface area contributed by atoms with Crippen LogP contribution in [0.15, 0.2) is 5.57 Å². The molecule has 1 heteroatoms. The summed E-state index contributed by atoms with van der Waals surface area (Å²) in [5.74, 6) is 0. The van der Waals surface area contributed by atoms with Gasteiger partial charge in [-0.1, -0.05) is 0 Å². The van der Waals surface area contributed by atoms with Crippen molar-refractivity contribution in [1.82, 2.24) is 0 Å². The molecule has 0 heterocycles. The van der Waals surface area contributed by atoms with Gasteiger partial charge in [0.1, 0.15) is 6.29 Å². The second-order valence-electron chi connectivity index (χ2n) is 4.93. The van der Waals surface area contributed by atoms with E-state index in [4.69, 9.17) is 0 Å². The van der Waals surface area contributed by atoms with Crippen molar-refractivity contribution in [3.63, 3.8) is 0 Å². The molecule has 0 saturated heterocycles. The van der Waals surface area contributed by atoms with Crippen molar-refractivity contribution in [3.05, 3.63) is 39.0 Å². The summed E-state index contributed by atoms with van der Waals surface area (Å²) in [7, 11) is 0. The first kappa shape index (κ1) is 13.7. The van der Waals surface area contributed by atoms with Gasteiger partial charge in [-0.2, -0.15) is 0 Å². The van der Waals surface area contributed by atoms with Crippen LogP contribution in [0.4, 0.5) is 0 Å². The van der Waals surface area contributed by atoms with E-state index < -0.39 is 0 Å². The maximum absolute atomic E-state index is 10.9. The van der Waals surface area contributed by atoms with Crippen LogP contribution in [0, 0.1) is 34.6 Å². The Kier molecular flexibility index (Phi) is 3.92. The molecule has 0 atom stereocenters. The molecular weight excluding hydrogens is 208 g/mol. The maximum Gasteiger partial charge on any atom is 0.146 e. The van der Waals surface area contributed by atoms with E-state index in [9.17, 15) is 4.79 Å². The molecule has 0 aliphatic carbocycles. The van der Waals surface area contributed by atoms with Crippen LogP contribution >= 0.6 is 0 Å². The van der Waals surface area contributed by atoms with Crippen molar-refractivity contribution in [2.45, 2.75) is 48.5 Å². The van der Waals surface area contributed by atoms with Crippen LogP contribution in [0.1, 0.15) is 47.2 Å². The van der Waals surface area contributed by atoms with Crippen LogP contribution in [-0.4, -0.2) is 6.29 Å². The van der Waals surface area contributed by atoms with Crippen LogP contribution in [0.5, 0.6) is 0 Å². The van der Waals surface area contributed by atoms with Crippen LogP contribution < -0.4 is 0 Å². The Balaban J connectivity index is 3.73. The number of allylic oxidation sites excluding steroid dienone is 2. The van der Waals surface area contributed by atoms with Crippen molar-refractivity contribution >= 4 is 11.9 Å². The average Bonchev–Trinajstić information content (AvgIpc) is 2.32. The molecule has 0 aliphatic rings. The summed E-state index contributed by atoms with van der Waals surface area (Å²) in [5.41, 5.74) is 9.78. The Morgan fingerprint density at radius 1 is 0.765 bits per heavy atom. The van der Waals surface area contributed by atoms with E-state index >= 15 is 0 Å². The fourth-order valence-corrected chi connectivity index (χ4v) is 2.35. The Labute approximate surface area is 105 Å². The van der Waals surface area contributed by atoms with Crippen LogP contribution in [0.2, 0.25) is 0 Å². The normalized spacial score (nSPS) is 12.4. The molecule has 1 aromatic carbocycles. The molecule has 92 valence electrons. The number of benzene rings is 1. The van der Waals surface area contributed by atoms with Gasteiger partial charge >= 0.3 is 0 Å². The number of carbonyl (C=O) groups is 1. The van der Waals surface area contributed by atoms with Gasteiger partial charge in [-0.05, 0) is 93.0 Å². The summed E-state index contributed by atoms with van der Waals surface area (Å²) in [6.45, 7) is 14.7. The monoisotopic (exact) mass is 230 g/mol. The van der Waals surface area contributed by atoms with E-state index in [0.717, 1.165) is 17.4 Å². The number of aldehydes is 1. The van der Waals surface area contributed by atoms with Gasteiger partial charge in [0, 0.05) is 0 Å². The van der Waals surface area contributed by atoms with Gasteiger partial charge in [0.15, 0.2) is 0 Å². The SMILES string of the molecule is C/C(C=O)=C(\C)c1c(C)c(C)c(C)c(C)c1C. The average molecular weight is 230 g/mol. The highest BCUT2D eigenvalue weighted by atomic mass is 16.1. The van der Waals surface area contributed by atoms with Crippen molar-refractivity contribution < 1.29 is 4.79 Å². The topological polar surface area (TPSA) is 17.1 Å². The highest BCUT2D eigenvalue weighted by molar-refractivity contribution is 5.88. The Morgan fingerprint density at radius 2 is 1.12 bits per heavy atom. The molecule has 1 aromatic rings. The van der Waals surface area contributed by atoms with Gasteiger partial charge in [0.2, 0.25) is 0 Å². The van der Waals surface area contributed by atoms with Gasteiger partial charge in [-0.3, -0.25) is 4.79 Å². The molecule has 0 radical (unpaired) electrons. The number of carbonyl (C=O) groups excluding carboxylic acids is 1. The second-order valence-corrected chi connectivity index (χ2v) is 4.93. The van der Waals surface area contributed by atoms with Gasteiger partial charge in [0.25, 0.3) is 0 Å². The lowest BCUT2D eigenvalue weighted by Gasteiger charge is -2.19. The zero-order chi connectivity index (χ0) is 13.3. The molecule has 0 saturated carbocycles. The Bertz CT molecular complexity index is 476. The molecule has 0 aliphatic heterocycles. The molecule has 0 amide bonds. The molecule has 0 unspecified atom stereocenters. The van der Waals surface area contributed by atoms with Gasteiger partial charge in [-0.15, -0.1) is 0 Å². The largest absolute Gasteiger partial charge is 0.298 e. The molecule has 0 N–H and O–H groups in total. The lowest BCUT2D eigenvalue weighted by Crippen LogP contribution is -2.02. The second kappa shape index (κ2) is 4.87. The van der Waals surface area contributed by atoms with Crippen molar-refractivity contribution in [1.29, 1.82) is 0 Å². The molecule has 0 bridgehead atoms. The van der Waals surface area contributed by atoms with E-state index in [-0.39, 0.29) is 0 Å². The van der Waals surface area contributed by atoms with Crippen LogP contribution in [-0.2, 0) is 4.79 Å². The fourth-order valence-electron chi connectivity index (χ4n) is 2.35. The van der Waals surface area contributed by atoms with E-state index in [2.05, 4.69) is 34.6 Å². The summed E-state index contributed by atoms with van der Waals surface area (Å²) >= 11 is 0. The van der Waals surface area contributed by atoms with Crippen molar-refractivity contribution in [3.8, 4) is 0 Å². The lowest BCUT2D eigenvalue weighted by atomic mass is 9.85. The molecule has 0 spiro atoms. The van der Waals surface area contributed by atoms with Crippen LogP contribution in [0.3, 0.4) is 0 Å². The molecule has 1 rings (SSSR count). The summed E-state index contributed by atoms with van der Waals surface area (Å²) in [5, 5.41) is 0. The maximum atomic E-state index is 10.9. The first-order valence-electron chi connectivity index (χ1n) is 6.02. The van der Waals surface area contributed by atoms with Crippen molar-refractivity contribution in [2.24, 2.45) is 0 Å². The molecule has 0 fully saturated rings. The summed E-state index contributed by atoms with van der Waals surface area (Å²) in [4.78, 5) is 10.9. The Hall–Kier alpha value is -1.37. The minimum atomic E-state index is 0.818. The number of rotatable bonds is 2. The minimum absolute atomic E-state index is 0.818. The lowest BCUT2D eigenvalue weighted by molar-refractivity contribution is -0.104. The first-order valence-corrected chi connectivity index (χ1v) is 6.02. The fraction of sp³-hybridized carbons (Fsp3) is 0.438. The van der Waals surface area contributed by atoms with Crippen LogP contribution in [0.25, 0.3) is 5.57 Å². The van der Waals surface area contributed by atoms with Crippen molar-refractivity contribution in [2.75, 3.05) is 0 Å². The summed E-state index contributed by atoms with van der Waals surface area (Å²) < 4.78 is 0. The molecule has 1 nitrogen and oxygen atoms in total. The standard InChI is InChI=1S/C16H22O/c1-9(8-17)10(2)16-14(6)12(4)11(3)13(5)15(16)7/h8H,1-7H3/b10-9-. The molecule has 0 aromatic heterocycles. The summed E-state index contributed by atoms with van der Waals surface area (Å²) in [6.07, 6.45) is 0.943. The predicted octanol–water partition coefficient (Wildman–Crippen LogP) is 4.22. The number of hydrogen-bond acceptors (Lipinski definition) is 1. The van der Waals surface area contributed by atoms with E-state index in [1.54, 1.807) is 0 Å². The molecular formula is C16H22O. The number of hydrogen-bond donors (Lipinski definition) is 0. The quantitative estimate of drug-likeness (QED) is 0.549. The highest BCUT2D eigenvalue weighted by Crippen LogP contribution is 2.31. The van der Waals surface area contributed by atoms with Gasteiger partial charge in [0.05, 0.1) is 0 Å². The van der Waals surface area contributed by atoms with E-state index in [1.165, 1.54) is 33.4 Å². The first-order chi connectivity index (χ1) is 7.82. The minimum Gasteiger partial charge on any atom is -0.298 e. The Morgan fingerprint density at radius 3 is 1.47 bits per heavy atom. The predicted molar refractivity (Wildman–Crippen MR) is 74.5 cm³/mol. The van der Waals surface area contributed by atoms with E-state index in [0.29, 0.717) is 0 Å². The highest BCUT2D eigenvalue weighted by Gasteiger charge is 2.14. The van der Waals surface area contributed by atoms with Gasteiger partial charge < -0.3 is 0 Å². The third-order valence-electron chi connectivity index (χ3n) is 4.14. The van der Waals surface area contributed by atoms with Gasteiger partial charge in [-0.25, -0.2) is 0 Å². The third-order valence-corrected chi connectivity index (χ3v) is 4.14. The molecule has 17 heavy (non-hydrogen) atoms. The zero-order valence-corrected chi connectivity index (χ0v) is 12.0. The smallest absolute Gasteiger partial charge is 0.146 e. The third kappa shape index (κ3) is 2.19. The summed E-state index contributed by atoms with van der Waals surface area (Å²) in [6, 6.07) is 0. The zero-order valence-electron chi connectivity index (χ0n) is 12.0.